The summed E-state index contributed by atoms with van der Waals surface area (Å²) in [6.07, 6.45) is 1.11. The molecule has 0 unspecified atom stereocenters. The Balaban J connectivity index is 2.37. The molecule has 0 radical (unpaired) electrons. The molecule has 0 fully saturated rings. The molecular formula is C10H12N2O2. The number of rotatable bonds is 4. The molecule has 4 nitrogen and oxygen atoms in total. The average Bonchev–Trinajstić information content (AvgIpc) is 2.20. The van der Waals surface area contributed by atoms with E-state index in [1.54, 1.807) is 6.92 Å². The predicted molar refractivity (Wildman–Crippen MR) is 55.2 cm³/mol. The minimum absolute atomic E-state index is 0.357. The first-order valence-corrected chi connectivity index (χ1v) is 4.34. The molecule has 1 rings (SSSR count). The second-order valence-electron chi connectivity index (χ2n) is 2.49. The van der Waals surface area contributed by atoms with Gasteiger partial charge in [-0.3, -0.25) is 5.43 Å². The molecule has 0 aliphatic rings. The van der Waals surface area contributed by atoms with E-state index in [9.17, 15) is 4.79 Å². The van der Waals surface area contributed by atoms with E-state index in [1.165, 1.54) is 0 Å². The van der Waals surface area contributed by atoms with Crippen molar-refractivity contribution in [3.63, 3.8) is 0 Å². The third-order valence-electron chi connectivity index (χ3n) is 1.42. The number of nitrogens with zero attached hydrogens (tertiary/aromatic N) is 1. The fraction of sp³-hybridized carbons (Fsp3) is 0.200. The molecule has 0 atom stereocenters. The van der Waals surface area contributed by atoms with Crippen LogP contribution in [0.1, 0.15) is 6.92 Å². The van der Waals surface area contributed by atoms with Crippen molar-refractivity contribution in [1.29, 1.82) is 0 Å². The Bertz CT molecular complexity index is 309. The lowest BCUT2D eigenvalue weighted by atomic mass is 10.3. The summed E-state index contributed by atoms with van der Waals surface area (Å²) in [5.41, 5.74) is 3.53. The summed E-state index contributed by atoms with van der Waals surface area (Å²) in [6, 6.07) is 9.36. The molecule has 0 heterocycles. The highest BCUT2D eigenvalue weighted by Crippen LogP contribution is 2.03. The number of carbonyl (C=O) groups is 1. The Labute approximate surface area is 82.6 Å². The standard InChI is InChI=1S/C10H12N2O2/c1-2-14-10(13)8-11-12-9-6-4-3-5-7-9/h3-8,12H,2H2,1H3/b11-8-. The van der Waals surface area contributed by atoms with Crippen LogP contribution in [0.4, 0.5) is 5.69 Å². The predicted octanol–water partition coefficient (Wildman–Crippen LogP) is 1.65. The Morgan fingerprint density at radius 1 is 1.50 bits per heavy atom. The molecule has 0 saturated heterocycles. The third-order valence-corrected chi connectivity index (χ3v) is 1.42. The van der Waals surface area contributed by atoms with Gasteiger partial charge in [-0.1, -0.05) is 18.2 Å². The number of anilines is 1. The average molecular weight is 192 g/mol. The van der Waals surface area contributed by atoms with E-state index in [-0.39, 0.29) is 0 Å². The van der Waals surface area contributed by atoms with Gasteiger partial charge in [0.2, 0.25) is 0 Å². The summed E-state index contributed by atoms with van der Waals surface area (Å²) in [5.74, 6) is -0.448. The summed E-state index contributed by atoms with van der Waals surface area (Å²) < 4.78 is 4.65. The maximum atomic E-state index is 10.8. The van der Waals surface area contributed by atoms with E-state index >= 15 is 0 Å². The minimum atomic E-state index is -0.448. The Kier molecular flexibility index (Phi) is 4.20. The topological polar surface area (TPSA) is 50.7 Å². The SMILES string of the molecule is CCOC(=O)/C=N\Nc1ccccc1. The van der Waals surface area contributed by atoms with Gasteiger partial charge in [0, 0.05) is 0 Å². The monoisotopic (exact) mass is 192 g/mol. The van der Waals surface area contributed by atoms with Gasteiger partial charge in [-0.15, -0.1) is 0 Å². The number of esters is 1. The Hall–Kier alpha value is -1.84. The lowest BCUT2D eigenvalue weighted by molar-refractivity contribution is -0.134. The maximum Gasteiger partial charge on any atom is 0.351 e. The molecule has 0 amide bonds. The third kappa shape index (κ3) is 3.71. The molecule has 0 saturated carbocycles. The van der Waals surface area contributed by atoms with Crippen molar-refractivity contribution in [2.75, 3.05) is 12.0 Å². The van der Waals surface area contributed by atoms with E-state index in [4.69, 9.17) is 0 Å². The molecular weight excluding hydrogens is 180 g/mol. The zero-order valence-electron chi connectivity index (χ0n) is 7.93. The minimum Gasteiger partial charge on any atom is -0.462 e. The lowest BCUT2D eigenvalue weighted by Gasteiger charge is -1.98. The molecule has 1 aromatic carbocycles. The van der Waals surface area contributed by atoms with Gasteiger partial charge >= 0.3 is 5.97 Å². The van der Waals surface area contributed by atoms with Crippen molar-refractivity contribution >= 4 is 17.9 Å². The van der Waals surface area contributed by atoms with Crippen LogP contribution in [0.2, 0.25) is 0 Å². The molecule has 0 spiro atoms. The van der Waals surface area contributed by atoms with Crippen LogP contribution in [0.25, 0.3) is 0 Å². The number of benzene rings is 1. The number of nitrogens with one attached hydrogen (secondary N) is 1. The second kappa shape index (κ2) is 5.75. The molecule has 1 aromatic rings. The molecule has 0 aliphatic carbocycles. The van der Waals surface area contributed by atoms with E-state index < -0.39 is 5.97 Å². The van der Waals surface area contributed by atoms with Crippen LogP contribution in [0.15, 0.2) is 35.4 Å². The van der Waals surface area contributed by atoms with Crippen molar-refractivity contribution in [1.82, 2.24) is 0 Å². The second-order valence-corrected chi connectivity index (χ2v) is 2.49. The van der Waals surface area contributed by atoms with Crippen molar-refractivity contribution < 1.29 is 9.53 Å². The number of carbonyl (C=O) groups excluding carboxylic acids is 1. The lowest BCUT2D eigenvalue weighted by Crippen LogP contribution is -2.06. The van der Waals surface area contributed by atoms with Crippen LogP contribution in [0.3, 0.4) is 0 Å². The number of hydrazone groups is 1. The highest BCUT2D eigenvalue weighted by atomic mass is 16.5. The van der Waals surface area contributed by atoms with Gasteiger partial charge in [0.15, 0.2) is 0 Å². The van der Waals surface area contributed by atoms with Crippen LogP contribution in [0, 0.1) is 0 Å². The molecule has 4 heteroatoms. The zero-order chi connectivity index (χ0) is 10.2. The van der Waals surface area contributed by atoms with Crippen molar-refractivity contribution in [2.24, 2.45) is 5.10 Å². The van der Waals surface area contributed by atoms with Crippen LogP contribution in [0.5, 0.6) is 0 Å². The van der Waals surface area contributed by atoms with E-state index in [2.05, 4.69) is 15.3 Å². The van der Waals surface area contributed by atoms with Crippen molar-refractivity contribution in [2.45, 2.75) is 6.92 Å². The largest absolute Gasteiger partial charge is 0.462 e. The Morgan fingerprint density at radius 3 is 2.86 bits per heavy atom. The molecule has 0 aromatic heterocycles. The van der Waals surface area contributed by atoms with Crippen LogP contribution < -0.4 is 5.43 Å². The van der Waals surface area contributed by atoms with Crippen molar-refractivity contribution in [3.8, 4) is 0 Å². The van der Waals surface area contributed by atoms with Gasteiger partial charge in [-0.2, -0.15) is 5.10 Å². The Morgan fingerprint density at radius 2 is 2.21 bits per heavy atom. The molecule has 0 aliphatic heterocycles. The highest BCUT2D eigenvalue weighted by Gasteiger charge is 1.93. The van der Waals surface area contributed by atoms with Gasteiger partial charge in [-0.05, 0) is 19.1 Å². The first-order chi connectivity index (χ1) is 6.83. The molecule has 0 bridgehead atoms. The summed E-state index contributed by atoms with van der Waals surface area (Å²) in [5, 5.41) is 3.71. The smallest absolute Gasteiger partial charge is 0.351 e. The normalized spacial score (nSPS) is 10.1. The van der Waals surface area contributed by atoms with E-state index in [0.29, 0.717) is 6.61 Å². The van der Waals surface area contributed by atoms with Crippen LogP contribution >= 0.6 is 0 Å². The molecule has 14 heavy (non-hydrogen) atoms. The van der Waals surface area contributed by atoms with Gasteiger partial charge < -0.3 is 4.74 Å². The highest BCUT2D eigenvalue weighted by molar-refractivity contribution is 6.23. The van der Waals surface area contributed by atoms with Crippen LogP contribution in [-0.4, -0.2) is 18.8 Å². The summed E-state index contributed by atoms with van der Waals surface area (Å²) in [6.45, 7) is 2.10. The summed E-state index contributed by atoms with van der Waals surface area (Å²) in [4.78, 5) is 10.8. The zero-order valence-corrected chi connectivity index (χ0v) is 7.93. The van der Waals surface area contributed by atoms with Crippen molar-refractivity contribution in [3.05, 3.63) is 30.3 Å². The molecule has 1 N–H and O–H groups in total. The fourth-order valence-corrected chi connectivity index (χ4v) is 0.852. The quantitative estimate of drug-likeness (QED) is 0.448. The van der Waals surface area contributed by atoms with Gasteiger partial charge in [-0.25, -0.2) is 4.79 Å². The molecule has 74 valence electrons. The first kappa shape index (κ1) is 10.2. The van der Waals surface area contributed by atoms with Gasteiger partial charge in [0.05, 0.1) is 12.3 Å². The van der Waals surface area contributed by atoms with Crippen LogP contribution in [-0.2, 0) is 9.53 Å². The maximum absolute atomic E-state index is 10.8. The first-order valence-electron chi connectivity index (χ1n) is 4.34. The van der Waals surface area contributed by atoms with E-state index in [1.807, 2.05) is 30.3 Å². The van der Waals surface area contributed by atoms with E-state index in [0.717, 1.165) is 11.9 Å². The fourth-order valence-electron chi connectivity index (χ4n) is 0.852. The summed E-state index contributed by atoms with van der Waals surface area (Å²) >= 11 is 0. The van der Waals surface area contributed by atoms with Gasteiger partial charge in [0.1, 0.15) is 6.21 Å². The number of hydrogen-bond acceptors (Lipinski definition) is 4. The summed E-state index contributed by atoms with van der Waals surface area (Å²) in [7, 11) is 0. The number of para-hydroxylation sites is 1. The van der Waals surface area contributed by atoms with Gasteiger partial charge in [0.25, 0.3) is 0 Å². The number of hydrogen-bond donors (Lipinski definition) is 1. The number of ether oxygens (including phenoxy) is 1.